The van der Waals surface area contributed by atoms with Crippen LogP contribution in [0.1, 0.15) is 30.7 Å². The normalized spacial score (nSPS) is 10.0. The Hall–Kier alpha value is -2.55. The van der Waals surface area contributed by atoms with E-state index in [1.165, 1.54) is 5.56 Å². The number of imidazole rings is 1. The number of ether oxygens (including phenoxy) is 1. The van der Waals surface area contributed by atoms with Gasteiger partial charge in [0.25, 0.3) is 0 Å². The van der Waals surface area contributed by atoms with E-state index >= 15 is 0 Å². The molecule has 2 aromatic carbocycles. The Bertz CT molecular complexity index is 773. The number of aryl methyl sites for hydroxylation is 2. The van der Waals surface area contributed by atoms with Crippen molar-refractivity contribution in [3.8, 4) is 17.1 Å². The average molecular weight is 322 g/mol. The highest BCUT2D eigenvalue weighted by molar-refractivity contribution is 5.57. The number of hydrogen-bond donors (Lipinski definition) is 0. The summed E-state index contributed by atoms with van der Waals surface area (Å²) in [5, 5.41) is 0. The lowest BCUT2D eigenvalue weighted by Crippen LogP contribution is -2.05. The van der Waals surface area contributed by atoms with E-state index in [2.05, 4.69) is 53.7 Å². The summed E-state index contributed by atoms with van der Waals surface area (Å²) in [6.45, 7) is 8.93. The first-order chi connectivity index (χ1) is 11.7. The highest BCUT2D eigenvalue weighted by Gasteiger charge is 2.11. The third-order valence-electron chi connectivity index (χ3n) is 3.89. The van der Waals surface area contributed by atoms with E-state index in [1.54, 1.807) is 7.11 Å². The van der Waals surface area contributed by atoms with E-state index in [1.807, 2.05) is 38.2 Å². The van der Waals surface area contributed by atoms with Crippen molar-refractivity contribution in [1.82, 2.24) is 9.55 Å². The summed E-state index contributed by atoms with van der Waals surface area (Å²) in [5.74, 6) is 1.90. The van der Waals surface area contributed by atoms with Gasteiger partial charge in [0, 0.05) is 23.0 Å². The van der Waals surface area contributed by atoms with Crippen LogP contribution in [0.25, 0.3) is 11.4 Å². The molecule has 0 spiro atoms. The topological polar surface area (TPSA) is 27.1 Å². The maximum atomic E-state index is 5.46. The molecule has 0 atom stereocenters. The molecule has 0 saturated heterocycles. The fourth-order valence-electron chi connectivity index (χ4n) is 2.60. The van der Waals surface area contributed by atoms with Crippen LogP contribution < -0.4 is 4.74 Å². The van der Waals surface area contributed by atoms with Crippen molar-refractivity contribution in [3.05, 3.63) is 71.5 Å². The second-order valence-electron chi connectivity index (χ2n) is 5.49. The predicted octanol–water partition coefficient (Wildman–Crippen LogP) is 5.25. The first-order valence-corrected chi connectivity index (χ1v) is 8.40. The molecule has 0 aliphatic carbocycles. The van der Waals surface area contributed by atoms with Crippen LogP contribution in [0.15, 0.2) is 54.7 Å². The summed E-state index contributed by atoms with van der Waals surface area (Å²) < 4.78 is 7.69. The van der Waals surface area contributed by atoms with Gasteiger partial charge in [-0.1, -0.05) is 61.9 Å². The molecule has 0 amide bonds. The molecular weight excluding hydrogens is 296 g/mol. The van der Waals surface area contributed by atoms with Crippen molar-refractivity contribution in [3.63, 3.8) is 0 Å². The first kappa shape index (κ1) is 17.8. The lowest BCUT2D eigenvalue weighted by atomic mass is 10.1. The molecule has 0 radical (unpaired) electrons. The lowest BCUT2D eigenvalue weighted by molar-refractivity contribution is 0.408. The molecule has 0 N–H and O–H groups in total. The van der Waals surface area contributed by atoms with Crippen molar-refractivity contribution in [1.29, 1.82) is 0 Å². The number of hydrogen-bond acceptors (Lipinski definition) is 2. The molecule has 0 unspecified atom stereocenters. The van der Waals surface area contributed by atoms with E-state index in [4.69, 9.17) is 4.74 Å². The summed E-state index contributed by atoms with van der Waals surface area (Å²) in [7, 11) is 1.71. The minimum absolute atomic E-state index is 0.749. The highest BCUT2D eigenvalue weighted by atomic mass is 16.5. The van der Waals surface area contributed by atoms with Gasteiger partial charge in [-0.05, 0) is 19.9 Å². The second-order valence-corrected chi connectivity index (χ2v) is 5.49. The zero-order chi connectivity index (χ0) is 17.5. The van der Waals surface area contributed by atoms with Gasteiger partial charge in [0.1, 0.15) is 11.6 Å². The quantitative estimate of drug-likeness (QED) is 0.656. The Kier molecular flexibility index (Phi) is 6.19. The van der Waals surface area contributed by atoms with E-state index in [9.17, 15) is 0 Å². The molecule has 3 rings (SSSR count). The summed E-state index contributed by atoms with van der Waals surface area (Å²) in [5.41, 5.74) is 4.68. The largest absolute Gasteiger partial charge is 0.496 e. The van der Waals surface area contributed by atoms with Crippen molar-refractivity contribution in [2.45, 2.75) is 34.2 Å². The Morgan fingerprint density at radius 2 is 1.62 bits per heavy atom. The molecule has 0 fully saturated rings. The third kappa shape index (κ3) is 3.85. The van der Waals surface area contributed by atoms with Gasteiger partial charge in [-0.15, -0.1) is 0 Å². The van der Waals surface area contributed by atoms with Gasteiger partial charge in [-0.2, -0.15) is 0 Å². The number of rotatable bonds is 4. The SMILES string of the molecule is CC.COc1ccccc1Cn1c(C)cnc1-c1ccc(C)cc1. The van der Waals surface area contributed by atoms with Crippen LogP contribution >= 0.6 is 0 Å². The lowest BCUT2D eigenvalue weighted by Gasteiger charge is -2.13. The van der Waals surface area contributed by atoms with Gasteiger partial charge in [0.15, 0.2) is 0 Å². The van der Waals surface area contributed by atoms with Crippen LogP contribution in [0.3, 0.4) is 0 Å². The van der Waals surface area contributed by atoms with Crippen molar-refractivity contribution in [2.75, 3.05) is 7.11 Å². The molecule has 3 heteroatoms. The smallest absolute Gasteiger partial charge is 0.140 e. The first-order valence-electron chi connectivity index (χ1n) is 8.40. The zero-order valence-corrected chi connectivity index (χ0v) is 15.2. The third-order valence-corrected chi connectivity index (χ3v) is 3.89. The Balaban J connectivity index is 0.00000100. The van der Waals surface area contributed by atoms with Crippen LogP contribution in [0, 0.1) is 13.8 Å². The van der Waals surface area contributed by atoms with Gasteiger partial charge < -0.3 is 9.30 Å². The number of benzene rings is 2. The van der Waals surface area contributed by atoms with Gasteiger partial charge in [-0.25, -0.2) is 4.98 Å². The molecule has 3 aromatic rings. The van der Waals surface area contributed by atoms with E-state index in [0.29, 0.717) is 0 Å². The monoisotopic (exact) mass is 322 g/mol. The van der Waals surface area contributed by atoms with E-state index in [-0.39, 0.29) is 0 Å². The Morgan fingerprint density at radius 1 is 0.958 bits per heavy atom. The standard InChI is InChI=1S/C19H20N2O.C2H6/c1-14-8-10-16(11-9-14)19-20-12-15(2)21(19)13-17-6-4-5-7-18(17)22-3;1-2/h4-12H,13H2,1-3H3;1-2H3. The van der Waals surface area contributed by atoms with E-state index in [0.717, 1.165) is 34.9 Å². The molecule has 0 aliphatic rings. The Morgan fingerprint density at radius 3 is 2.29 bits per heavy atom. The van der Waals surface area contributed by atoms with E-state index < -0.39 is 0 Å². The van der Waals surface area contributed by atoms with Crippen LogP contribution in [0.2, 0.25) is 0 Å². The fraction of sp³-hybridized carbons (Fsp3) is 0.286. The van der Waals surface area contributed by atoms with Crippen LogP contribution in [-0.2, 0) is 6.54 Å². The fourth-order valence-corrected chi connectivity index (χ4v) is 2.60. The molecule has 1 heterocycles. The molecule has 1 aromatic heterocycles. The van der Waals surface area contributed by atoms with Gasteiger partial charge in [0.05, 0.1) is 13.7 Å². The van der Waals surface area contributed by atoms with Gasteiger partial charge in [0.2, 0.25) is 0 Å². The van der Waals surface area contributed by atoms with Crippen molar-refractivity contribution >= 4 is 0 Å². The number of nitrogens with zero attached hydrogens (tertiary/aromatic N) is 2. The van der Waals surface area contributed by atoms with Crippen LogP contribution in [-0.4, -0.2) is 16.7 Å². The molecule has 0 aliphatic heterocycles. The molecule has 3 nitrogen and oxygen atoms in total. The van der Waals surface area contributed by atoms with Crippen LogP contribution in [0.5, 0.6) is 5.75 Å². The maximum Gasteiger partial charge on any atom is 0.140 e. The predicted molar refractivity (Wildman–Crippen MR) is 101 cm³/mol. The van der Waals surface area contributed by atoms with Gasteiger partial charge >= 0.3 is 0 Å². The zero-order valence-electron chi connectivity index (χ0n) is 15.2. The molecule has 0 saturated carbocycles. The van der Waals surface area contributed by atoms with Crippen molar-refractivity contribution in [2.24, 2.45) is 0 Å². The second kappa shape index (κ2) is 8.34. The summed E-state index contributed by atoms with van der Waals surface area (Å²) in [4.78, 5) is 4.59. The van der Waals surface area contributed by atoms with Gasteiger partial charge in [-0.3, -0.25) is 0 Å². The Labute approximate surface area is 144 Å². The van der Waals surface area contributed by atoms with Crippen LogP contribution in [0.4, 0.5) is 0 Å². The number of para-hydroxylation sites is 1. The summed E-state index contributed by atoms with van der Waals surface area (Å²) in [6.07, 6.45) is 1.92. The minimum atomic E-state index is 0.749. The average Bonchev–Trinajstić information content (AvgIpc) is 2.99. The minimum Gasteiger partial charge on any atom is -0.496 e. The molecule has 24 heavy (non-hydrogen) atoms. The summed E-state index contributed by atoms with van der Waals surface area (Å²) >= 11 is 0. The molecular formula is C21H26N2O. The maximum absolute atomic E-state index is 5.46. The van der Waals surface area contributed by atoms with Crippen molar-refractivity contribution < 1.29 is 4.74 Å². The molecule has 0 bridgehead atoms. The summed E-state index contributed by atoms with van der Waals surface area (Å²) in [6, 6.07) is 16.6. The number of methoxy groups -OCH3 is 1. The highest BCUT2D eigenvalue weighted by Crippen LogP contribution is 2.24. The number of aromatic nitrogens is 2. The molecule has 126 valence electrons.